The number of anilines is 1. The predicted molar refractivity (Wildman–Crippen MR) is 65.0 cm³/mol. The van der Waals surface area contributed by atoms with E-state index in [1.54, 1.807) is 19.0 Å². The summed E-state index contributed by atoms with van der Waals surface area (Å²) in [5.41, 5.74) is -1.62. The van der Waals surface area contributed by atoms with Gasteiger partial charge in [-0.25, -0.2) is 0 Å². The van der Waals surface area contributed by atoms with Gasteiger partial charge < -0.3 is 4.90 Å². The monoisotopic (exact) mass is 265 g/mol. The van der Waals surface area contributed by atoms with Gasteiger partial charge in [0.25, 0.3) is 0 Å². The van der Waals surface area contributed by atoms with Gasteiger partial charge in [0.1, 0.15) is 17.7 Å². The first-order valence-corrected chi connectivity index (χ1v) is 5.20. The molecule has 0 amide bonds. The van der Waals surface area contributed by atoms with Crippen LogP contribution in [0.5, 0.6) is 0 Å². The molecule has 0 aliphatic heterocycles. The Morgan fingerprint density at radius 3 is 1.84 bits per heavy atom. The van der Waals surface area contributed by atoms with Crippen LogP contribution >= 0.6 is 0 Å². The summed E-state index contributed by atoms with van der Waals surface area (Å²) in [5.74, 6) is 0. The van der Waals surface area contributed by atoms with E-state index >= 15 is 0 Å². The van der Waals surface area contributed by atoms with E-state index in [4.69, 9.17) is 10.5 Å². The Labute approximate surface area is 108 Å². The summed E-state index contributed by atoms with van der Waals surface area (Å²) in [5, 5.41) is 17.3. The molecule has 0 atom stereocenters. The average molecular weight is 265 g/mol. The average Bonchev–Trinajstić information content (AvgIpc) is 2.34. The van der Waals surface area contributed by atoms with Crippen molar-refractivity contribution in [1.82, 2.24) is 0 Å². The van der Waals surface area contributed by atoms with Crippen molar-refractivity contribution < 1.29 is 13.2 Å². The highest BCUT2D eigenvalue weighted by Gasteiger charge is 2.37. The van der Waals surface area contributed by atoms with Crippen LogP contribution in [0.25, 0.3) is 5.57 Å². The molecule has 0 saturated carbocycles. The van der Waals surface area contributed by atoms with Gasteiger partial charge >= 0.3 is 6.18 Å². The van der Waals surface area contributed by atoms with Gasteiger partial charge in [0.15, 0.2) is 0 Å². The van der Waals surface area contributed by atoms with Gasteiger partial charge in [0.2, 0.25) is 0 Å². The Kier molecular flexibility index (Phi) is 4.18. The first-order chi connectivity index (χ1) is 8.81. The largest absolute Gasteiger partial charge is 0.418 e. The summed E-state index contributed by atoms with van der Waals surface area (Å²) < 4.78 is 38.8. The molecule has 3 nitrogen and oxygen atoms in total. The number of alkyl halides is 3. The molecule has 6 heteroatoms. The fourth-order valence-corrected chi connectivity index (χ4v) is 1.51. The van der Waals surface area contributed by atoms with Gasteiger partial charge in [-0.15, -0.1) is 0 Å². The van der Waals surface area contributed by atoms with Crippen molar-refractivity contribution in [3.8, 4) is 12.1 Å². The molecule has 0 aromatic heterocycles. The fraction of sp³-hybridized carbons (Fsp3) is 0.231. The molecular formula is C13H10F3N3. The number of rotatable bonds is 2. The second-order valence-electron chi connectivity index (χ2n) is 3.91. The third kappa shape index (κ3) is 3.26. The van der Waals surface area contributed by atoms with Crippen molar-refractivity contribution in [3.63, 3.8) is 0 Å². The Hall–Kier alpha value is -2.47. The summed E-state index contributed by atoms with van der Waals surface area (Å²) in [4.78, 5) is 1.73. The van der Waals surface area contributed by atoms with Crippen LogP contribution in [0.15, 0.2) is 29.8 Å². The van der Waals surface area contributed by atoms with Crippen LogP contribution in [-0.4, -0.2) is 20.3 Å². The molecule has 0 radical (unpaired) electrons. The highest BCUT2D eigenvalue weighted by Crippen LogP contribution is 2.36. The predicted octanol–water partition coefficient (Wildman–Crippen LogP) is 3.12. The first kappa shape index (κ1) is 14.6. The van der Waals surface area contributed by atoms with E-state index in [9.17, 15) is 13.2 Å². The van der Waals surface area contributed by atoms with Crippen molar-refractivity contribution in [3.05, 3.63) is 35.4 Å². The van der Waals surface area contributed by atoms with E-state index < -0.39 is 17.3 Å². The summed E-state index contributed by atoms with van der Waals surface area (Å²) in [6.07, 6.45) is -4.75. The van der Waals surface area contributed by atoms with E-state index in [2.05, 4.69) is 0 Å². The lowest BCUT2D eigenvalue weighted by atomic mass is 10.00. The number of hydrogen-bond acceptors (Lipinski definition) is 3. The quantitative estimate of drug-likeness (QED) is 0.772. The zero-order valence-corrected chi connectivity index (χ0v) is 10.3. The van der Waals surface area contributed by atoms with Crippen LogP contribution in [0.3, 0.4) is 0 Å². The summed E-state index contributed by atoms with van der Waals surface area (Å²) in [6.45, 7) is 0. The molecule has 19 heavy (non-hydrogen) atoms. The van der Waals surface area contributed by atoms with Crippen LogP contribution in [0.2, 0.25) is 0 Å². The minimum Gasteiger partial charge on any atom is -0.378 e. The van der Waals surface area contributed by atoms with Crippen LogP contribution in [0.1, 0.15) is 5.56 Å². The second-order valence-corrected chi connectivity index (χ2v) is 3.91. The molecule has 0 bridgehead atoms. The van der Waals surface area contributed by atoms with E-state index in [1.165, 1.54) is 36.4 Å². The summed E-state index contributed by atoms with van der Waals surface area (Å²) in [7, 11) is 3.51. The number of hydrogen-bond donors (Lipinski definition) is 0. The fourth-order valence-electron chi connectivity index (χ4n) is 1.51. The third-order valence-corrected chi connectivity index (χ3v) is 2.43. The number of benzene rings is 1. The minimum atomic E-state index is -4.75. The summed E-state index contributed by atoms with van der Waals surface area (Å²) in [6, 6.07) is 8.04. The van der Waals surface area contributed by atoms with E-state index in [0.717, 1.165) is 5.69 Å². The van der Waals surface area contributed by atoms with Crippen molar-refractivity contribution in [2.75, 3.05) is 19.0 Å². The van der Waals surface area contributed by atoms with E-state index in [1.807, 2.05) is 0 Å². The molecule has 0 N–H and O–H groups in total. The Balaban J connectivity index is 3.42. The Morgan fingerprint density at radius 1 is 1.05 bits per heavy atom. The maximum absolute atomic E-state index is 12.9. The smallest absolute Gasteiger partial charge is 0.378 e. The van der Waals surface area contributed by atoms with Crippen molar-refractivity contribution in [1.29, 1.82) is 10.5 Å². The standard InChI is InChI=1S/C13H10F3N3/c1-19(2)11-5-3-9(4-6-11)12(13(14,15)16)10(7-17)8-18/h3-6H,1-2H3. The molecule has 1 aromatic carbocycles. The second kappa shape index (κ2) is 5.45. The van der Waals surface area contributed by atoms with Crippen molar-refractivity contribution >= 4 is 11.3 Å². The highest BCUT2D eigenvalue weighted by molar-refractivity contribution is 5.79. The number of halogens is 3. The highest BCUT2D eigenvalue weighted by atomic mass is 19.4. The molecule has 0 heterocycles. The van der Waals surface area contributed by atoms with Crippen molar-refractivity contribution in [2.24, 2.45) is 0 Å². The minimum absolute atomic E-state index is 0.198. The third-order valence-electron chi connectivity index (χ3n) is 2.43. The van der Waals surface area contributed by atoms with Crippen molar-refractivity contribution in [2.45, 2.75) is 6.18 Å². The Morgan fingerprint density at radius 2 is 1.53 bits per heavy atom. The molecule has 0 unspecified atom stereocenters. The maximum Gasteiger partial charge on any atom is 0.418 e. The van der Waals surface area contributed by atoms with Gasteiger partial charge in [-0.3, -0.25) is 0 Å². The molecule has 1 aromatic rings. The molecule has 98 valence electrons. The lowest BCUT2D eigenvalue weighted by Crippen LogP contribution is -2.13. The van der Waals surface area contributed by atoms with Gasteiger partial charge in [-0.05, 0) is 17.7 Å². The number of nitriles is 2. The molecule has 0 spiro atoms. The lowest BCUT2D eigenvalue weighted by Gasteiger charge is -2.15. The van der Waals surface area contributed by atoms with Crippen LogP contribution < -0.4 is 4.90 Å². The van der Waals surface area contributed by atoms with Crippen LogP contribution in [0, 0.1) is 22.7 Å². The zero-order chi connectivity index (χ0) is 14.6. The first-order valence-electron chi connectivity index (χ1n) is 5.20. The molecule has 0 aliphatic rings. The molecule has 0 aliphatic carbocycles. The zero-order valence-electron chi connectivity index (χ0n) is 10.3. The van der Waals surface area contributed by atoms with E-state index in [0.29, 0.717) is 0 Å². The molecular weight excluding hydrogens is 255 g/mol. The van der Waals surface area contributed by atoms with E-state index in [-0.39, 0.29) is 5.56 Å². The number of nitrogens with zero attached hydrogens (tertiary/aromatic N) is 3. The Bertz CT molecular complexity index is 553. The normalized spacial score (nSPS) is 10.3. The number of allylic oxidation sites excluding steroid dienone is 2. The van der Waals surface area contributed by atoms with Gasteiger partial charge in [0, 0.05) is 19.8 Å². The van der Waals surface area contributed by atoms with Crippen LogP contribution in [-0.2, 0) is 0 Å². The van der Waals surface area contributed by atoms with Gasteiger partial charge in [-0.2, -0.15) is 23.7 Å². The molecule has 0 saturated heterocycles. The maximum atomic E-state index is 12.9. The van der Waals surface area contributed by atoms with Crippen LogP contribution in [0.4, 0.5) is 18.9 Å². The van der Waals surface area contributed by atoms with Gasteiger partial charge in [-0.1, -0.05) is 12.1 Å². The SMILES string of the molecule is CN(C)c1ccc(C(=C(C#N)C#N)C(F)(F)F)cc1. The summed E-state index contributed by atoms with van der Waals surface area (Å²) >= 11 is 0. The topological polar surface area (TPSA) is 50.8 Å². The molecule has 1 rings (SSSR count). The van der Waals surface area contributed by atoms with Gasteiger partial charge in [0.05, 0.1) is 5.57 Å². The lowest BCUT2D eigenvalue weighted by molar-refractivity contribution is -0.0691. The molecule has 0 fully saturated rings.